The molecule has 0 unspecified atom stereocenters. The van der Waals surface area contributed by atoms with E-state index in [0.29, 0.717) is 37.9 Å². The molecule has 0 fully saturated rings. The molecular weight excluding hydrogens is 789 g/mol. The molecule has 0 bridgehead atoms. The molecule has 22 N–H and O–H groups in total. The molecule has 1 aromatic carbocycles. The molecule has 5 amide bonds. The van der Waals surface area contributed by atoms with Gasteiger partial charge in [-0.25, -0.2) is 9.97 Å². The summed E-state index contributed by atoms with van der Waals surface area (Å²) in [5.74, 6) is -3.15. The minimum Gasteiger partial charge on any atom is -0.347 e. The minimum atomic E-state index is -1.20. The lowest BCUT2D eigenvalue weighted by molar-refractivity contribution is -0.460. The highest BCUT2D eigenvalue weighted by Crippen LogP contribution is 2.11. The molecule has 0 saturated heterocycles. The van der Waals surface area contributed by atoms with Crippen LogP contribution < -0.4 is 75.2 Å². The number of guanidine groups is 2. The Labute approximate surface area is 353 Å². The first-order valence-corrected chi connectivity index (χ1v) is 20.3. The Bertz CT molecular complexity index is 1880. The first-order chi connectivity index (χ1) is 29.1. The number of amides is 5. The standard InChI is InChI=1S/C39H60N16O6/c1-23(2)14-31(36(60)53-29(10-6-12-47-38(41)42)34(58)51-27(20-56)16-25-18-45-21-49-25)54-37(61)32(15-24-8-4-3-5-9-24)55-35(59)30(11-7-13-48-39(43)44)52-33(57)28(40)17-26-19-46-22-50-26/h3-5,8-9,18-23,27-32H,6-7,10-17,40H2,1-2H3,(H,45,49)(H,46,50)(H,51,58)(H,52,57)(H,53,60)(H,54,61)(H,55,59)(H4,41,42,47)(H4,43,44,48)/p+5/t27-,28-,29-,30-,31-,32-/m0/s1. The van der Waals surface area contributed by atoms with Gasteiger partial charge in [0.15, 0.2) is 6.04 Å². The van der Waals surface area contributed by atoms with E-state index in [1.54, 1.807) is 49.3 Å². The topological polar surface area (TPSA) is 382 Å². The van der Waals surface area contributed by atoms with E-state index in [1.807, 2.05) is 19.9 Å². The van der Waals surface area contributed by atoms with Crippen LogP contribution in [-0.4, -0.2) is 107 Å². The summed E-state index contributed by atoms with van der Waals surface area (Å²) in [6.07, 6.45) is 8.82. The zero-order valence-corrected chi connectivity index (χ0v) is 34.9. The SMILES string of the molecule is CC(C)C[C@H](NC(=O)[C@H](Cc1ccccc1)NC(=O)[C@H](CCC[NH+]=C(N)N)NC(=O)[C@@H]([NH3+])Cc1c[nH+]c[nH]1)C(=O)N[C@@H](CCC[NH+]=C(N)N)C(=O)N[C@H](C=O)Cc1c[nH+]c[nH]1. The number of carbonyl (C=O) groups excluding carboxylic acids is 6. The fraction of sp³-hybridized carbons (Fsp3) is 0.487. The van der Waals surface area contributed by atoms with Crippen LogP contribution in [0.3, 0.4) is 0 Å². The van der Waals surface area contributed by atoms with Gasteiger partial charge in [-0.2, -0.15) is 0 Å². The van der Waals surface area contributed by atoms with Crippen LogP contribution >= 0.6 is 0 Å². The van der Waals surface area contributed by atoms with Crippen LogP contribution in [0.1, 0.15) is 62.9 Å². The molecule has 332 valence electrons. The average molecular weight is 854 g/mol. The van der Waals surface area contributed by atoms with Gasteiger partial charge in [0.05, 0.1) is 25.6 Å². The lowest BCUT2D eigenvalue weighted by Crippen LogP contribution is -2.78. The van der Waals surface area contributed by atoms with E-state index in [4.69, 9.17) is 22.9 Å². The van der Waals surface area contributed by atoms with Crippen molar-refractivity contribution in [2.75, 3.05) is 13.1 Å². The van der Waals surface area contributed by atoms with Gasteiger partial charge in [-0.15, -0.1) is 0 Å². The van der Waals surface area contributed by atoms with Gasteiger partial charge in [0.2, 0.25) is 36.3 Å². The molecule has 3 aromatic rings. The van der Waals surface area contributed by atoms with Crippen LogP contribution in [0.5, 0.6) is 0 Å². The van der Waals surface area contributed by atoms with Crippen molar-refractivity contribution in [2.45, 2.75) is 101 Å². The predicted molar refractivity (Wildman–Crippen MR) is 221 cm³/mol. The molecule has 0 radical (unpaired) electrons. The largest absolute Gasteiger partial charge is 0.347 e. The second-order valence-corrected chi connectivity index (χ2v) is 15.2. The third-order valence-corrected chi connectivity index (χ3v) is 9.48. The number of imidazole rings is 2. The Kier molecular flexibility index (Phi) is 20.4. The van der Waals surface area contributed by atoms with Crippen LogP contribution in [0.4, 0.5) is 0 Å². The Morgan fingerprint density at radius 1 is 0.672 bits per heavy atom. The normalized spacial score (nSPS) is 13.9. The molecule has 0 saturated carbocycles. The van der Waals surface area contributed by atoms with Crippen molar-refractivity contribution >= 4 is 47.7 Å². The van der Waals surface area contributed by atoms with Gasteiger partial charge in [0, 0.05) is 12.8 Å². The van der Waals surface area contributed by atoms with Gasteiger partial charge < -0.3 is 37.1 Å². The quantitative estimate of drug-likeness (QED) is 0.0149. The molecule has 2 heterocycles. The number of aldehydes is 1. The van der Waals surface area contributed by atoms with Crippen LogP contribution in [0.25, 0.3) is 0 Å². The second-order valence-electron chi connectivity index (χ2n) is 15.2. The van der Waals surface area contributed by atoms with Crippen molar-refractivity contribution < 1.29 is 54.5 Å². The molecule has 0 spiro atoms. The van der Waals surface area contributed by atoms with E-state index in [9.17, 15) is 28.8 Å². The molecule has 2 aromatic heterocycles. The lowest BCUT2D eigenvalue weighted by atomic mass is 10.00. The number of nitrogens with two attached hydrogens (primary N) is 4. The summed E-state index contributed by atoms with van der Waals surface area (Å²) in [6.45, 7) is 4.34. The maximum Gasteiger partial charge on any atom is 0.338 e. The number of aromatic nitrogens is 4. The number of quaternary nitrogens is 1. The van der Waals surface area contributed by atoms with Gasteiger partial charge in [-0.3, -0.25) is 66.9 Å². The van der Waals surface area contributed by atoms with Crippen molar-refractivity contribution in [1.29, 1.82) is 0 Å². The lowest BCUT2D eigenvalue weighted by Gasteiger charge is -2.27. The Morgan fingerprint density at radius 2 is 1.15 bits per heavy atom. The second kappa shape index (κ2) is 25.6. The van der Waals surface area contributed by atoms with E-state index in [2.05, 4.69) is 62.2 Å². The Morgan fingerprint density at radius 3 is 1.66 bits per heavy atom. The van der Waals surface area contributed by atoms with Crippen LogP contribution in [0, 0.1) is 5.92 Å². The van der Waals surface area contributed by atoms with E-state index in [1.165, 1.54) is 0 Å². The van der Waals surface area contributed by atoms with Crippen LogP contribution in [0.15, 0.2) is 55.4 Å². The maximum atomic E-state index is 14.3. The number of nitrogens with one attached hydrogen (secondary N) is 11. The highest BCUT2D eigenvalue weighted by molar-refractivity contribution is 5.96. The first-order valence-electron chi connectivity index (χ1n) is 20.3. The molecule has 22 nitrogen and oxygen atoms in total. The molecule has 6 atom stereocenters. The number of hydrogen-bond acceptors (Lipinski definition) is 6. The van der Waals surface area contributed by atoms with Crippen LogP contribution in [-0.2, 0) is 48.0 Å². The highest BCUT2D eigenvalue weighted by Gasteiger charge is 2.33. The fourth-order valence-corrected chi connectivity index (χ4v) is 6.37. The summed E-state index contributed by atoms with van der Waals surface area (Å²) in [7, 11) is 0. The van der Waals surface area contributed by atoms with Gasteiger partial charge in [-0.1, -0.05) is 44.2 Å². The zero-order valence-electron chi connectivity index (χ0n) is 34.9. The summed E-state index contributed by atoms with van der Waals surface area (Å²) in [4.78, 5) is 98.6. The number of aromatic amines is 4. The van der Waals surface area contributed by atoms with Crippen molar-refractivity contribution in [3.63, 3.8) is 0 Å². The molecule has 3 rings (SSSR count). The van der Waals surface area contributed by atoms with E-state index >= 15 is 0 Å². The zero-order chi connectivity index (χ0) is 44.7. The van der Waals surface area contributed by atoms with Gasteiger partial charge in [-0.05, 0) is 43.6 Å². The van der Waals surface area contributed by atoms with Crippen molar-refractivity contribution in [2.24, 2.45) is 28.9 Å². The van der Waals surface area contributed by atoms with E-state index in [0.717, 1.165) is 11.3 Å². The Hall–Kier alpha value is -6.84. The van der Waals surface area contributed by atoms with Crippen molar-refractivity contribution in [3.8, 4) is 0 Å². The highest BCUT2D eigenvalue weighted by atomic mass is 16.2. The molecule has 0 aliphatic carbocycles. The summed E-state index contributed by atoms with van der Waals surface area (Å²) in [5.41, 5.74) is 28.3. The smallest absolute Gasteiger partial charge is 0.338 e. The van der Waals surface area contributed by atoms with E-state index < -0.39 is 65.8 Å². The van der Waals surface area contributed by atoms with Crippen LogP contribution in [0.2, 0.25) is 0 Å². The number of hydrogen-bond donors (Lipinski definition) is 14. The van der Waals surface area contributed by atoms with Gasteiger partial charge in [0.1, 0.15) is 54.2 Å². The predicted octanol–water partition coefficient (Wildman–Crippen LogP) is -8.45. The fourth-order valence-electron chi connectivity index (χ4n) is 6.37. The third-order valence-electron chi connectivity index (χ3n) is 9.48. The third kappa shape index (κ3) is 18.3. The first kappa shape index (κ1) is 48.5. The van der Waals surface area contributed by atoms with Crippen molar-refractivity contribution in [1.82, 2.24) is 36.6 Å². The monoisotopic (exact) mass is 854 g/mol. The number of H-pyrrole nitrogens is 4. The number of rotatable bonds is 27. The molecule has 22 heteroatoms. The average Bonchev–Trinajstić information content (AvgIpc) is 3.94. The van der Waals surface area contributed by atoms with Gasteiger partial charge in [0.25, 0.3) is 5.91 Å². The summed E-state index contributed by atoms with van der Waals surface area (Å²) < 4.78 is 0. The molecule has 0 aliphatic heterocycles. The minimum absolute atomic E-state index is 0.00106. The number of benzene rings is 1. The molecule has 61 heavy (non-hydrogen) atoms. The number of carbonyl (C=O) groups is 6. The van der Waals surface area contributed by atoms with E-state index in [-0.39, 0.29) is 56.4 Å². The Balaban J connectivity index is 1.85. The molecular formula is C39H65N16O6+5. The van der Waals surface area contributed by atoms with Crippen molar-refractivity contribution in [3.05, 3.63) is 72.3 Å². The van der Waals surface area contributed by atoms with Gasteiger partial charge >= 0.3 is 11.9 Å². The maximum absolute atomic E-state index is 14.3. The molecule has 0 aliphatic rings. The summed E-state index contributed by atoms with van der Waals surface area (Å²) >= 11 is 0. The summed E-state index contributed by atoms with van der Waals surface area (Å²) in [6, 6.07) is 2.79. The summed E-state index contributed by atoms with van der Waals surface area (Å²) in [5, 5.41) is 13.9.